The molecule has 2 rings (SSSR count). The van der Waals surface area contributed by atoms with Crippen LogP contribution in [0.2, 0.25) is 5.02 Å². The Morgan fingerprint density at radius 2 is 2.12 bits per heavy atom. The van der Waals surface area contributed by atoms with Crippen molar-refractivity contribution in [3.05, 3.63) is 49.6 Å². The van der Waals surface area contributed by atoms with Gasteiger partial charge in [-0.05, 0) is 23.8 Å². The van der Waals surface area contributed by atoms with E-state index in [1.54, 1.807) is 10.9 Å². The van der Waals surface area contributed by atoms with Crippen LogP contribution in [-0.2, 0) is 7.05 Å². The molecule has 0 aliphatic rings. The largest absolute Gasteiger partial charge is 0.319 e. The molecule has 0 fully saturated rings. The number of aromatic nitrogens is 2. The molecule has 1 heterocycles. The summed E-state index contributed by atoms with van der Waals surface area (Å²) in [4.78, 5) is 0. The highest BCUT2D eigenvalue weighted by molar-refractivity contribution is 9.11. The summed E-state index contributed by atoms with van der Waals surface area (Å²) in [5.74, 6) is 0. The number of halogens is 3. The molecule has 0 aliphatic carbocycles. The molecule has 1 aromatic heterocycles. The Bertz CT molecular complexity index is 534. The third-order valence-electron chi connectivity index (χ3n) is 2.53. The van der Waals surface area contributed by atoms with Gasteiger partial charge in [0.2, 0.25) is 0 Å². The second-order valence-corrected chi connectivity index (χ2v) is 5.82. The van der Waals surface area contributed by atoms with Gasteiger partial charge >= 0.3 is 0 Å². The first kappa shape index (κ1) is 13.1. The van der Waals surface area contributed by atoms with Crippen LogP contribution in [0.1, 0.15) is 17.3 Å². The van der Waals surface area contributed by atoms with E-state index in [1.165, 1.54) is 0 Å². The normalized spacial score (nSPS) is 12.8. The molecule has 0 radical (unpaired) electrons. The Morgan fingerprint density at radius 3 is 2.71 bits per heavy atom. The Balaban J connectivity index is 2.50. The molecule has 6 heteroatoms. The van der Waals surface area contributed by atoms with E-state index in [0.717, 1.165) is 20.2 Å². The molecular weight excluding hydrogens is 369 g/mol. The Labute approximate surface area is 121 Å². The predicted molar refractivity (Wildman–Crippen MR) is 76.1 cm³/mol. The first-order valence-electron chi connectivity index (χ1n) is 4.88. The van der Waals surface area contributed by atoms with Crippen molar-refractivity contribution in [3.63, 3.8) is 0 Å². The predicted octanol–water partition coefficient (Wildman–Crippen LogP) is 3.65. The van der Waals surface area contributed by atoms with Gasteiger partial charge in [-0.2, -0.15) is 5.10 Å². The maximum Gasteiger partial charge on any atom is 0.0837 e. The number of hydrogen-bond acceptors (Lipinski definition) is 2. The van der Waals surface area contributed by atoms with Gasteiger partial charge in [0.05, 0.1) is 23.0 Å². The molecule has 0 bridgehead atoms. The van der Waals surface area contributed by atoms with Crippen LogP contribution in [0.15, 0.2) is 33.3 Å². The fourth-order valence-electron chi connectivity index (χ4n) is 1.67. The highest BCUT2D eigenvalue weighted by Crippen LogP contribution is 2.32. The minimum Gasteiger partial charge on any atom is -0.319 e. The van der Waals surface area contributed by atoms with Crippen molar-refractivity contribution >= 4 is 43.5 Å². The van der Waals surface area contributed by atoms with Gasteiger partial charge in [-0.25, -0.2) is 0 Å². The van der Waals surface area contributed by atoms with Crippen LogP contribution in [-0.4, -0.2) is 9.78 Å². The van der Waals surface area contributed by atoms with Crippen LogP contribution in [0.4, 0.5) is 0 Å². The average Bonchev–Trinajstić information content (AvgIpc) is 2.61. The van der Waals surface area contributed by atoms with E-state index in [0.29, 0.717) is 5.02 Å². The summed E-state index contributed by atoms with van der Waals surface area (Å²) in [5.41, 5.74) is 8.00. The van der Waals surface area contributed by atoms with Gasteiger partial charge in [0, 0.05) is 16.0 Å². The SMILES string of the molecule is Cn1ncc(Cl)c1C(N)c1cc(Br)ccc1Br. The van der Waals surface area contributed by atoms with Crippen molar-refractivity contribution in [1.82, 2.24) is 9.78 Å². The monoisotopic (exact) mass is 377 g/mol. The van der Waals surface area contributed by atoms with Crippen LogP contribution < -0.4 is 5.73 Å². The Morgan fingerprint density at radius 1 is 1.41 bits per heavy atom. The van der Waals surface area contributed by atoms with Crippen molar-refractivity contribution in [2.24, 2.45) is 12.8 Å². The lowest BCUT2D eigenvalue weighted by molar-refractivity contribution is 0.672. The van der Waals surface area contributed by atoms with Gasteiger partial charge in [0.15, 0.2) is 0 Å². The van der Waals surface area contributed by atoms with Crippen molar-refractivity contribution in [2.75, 3.05) is 0 Å². The first-order valence-corrected chi connectivity index (χ1v) is 6.85. The third-order valence-corrected chi connectivity index (χ3v) is 4.03. The maximum absolute atomic E-state index is 6.24. The minimum atomic E-state index is -0.318. The van der Waals surface area contributed by atoms with Gasteiger partial charge in [-0.3, -0.25) is 4.68 Å². The summed E-state index contributed by atoms with van der Waals surface area (Å²) in [6, 6.07) is 5.55. The van der Waals surface area contributed by atoms with E-state index < -0.39 is 0 Å². The van der Waals surface area contributed by atoms with Gasteiger partial charge < -0.3 is 5.73 Å². The second-order valence-electron chi connectivity index (χ2n) is 3.64. The molecule has 1 atom stereocenters. The third kappa shape index (κ3) is 2.57. The molecule has 1 unspecified atom stereocenters. The first-order chi connectivity index (χ1) is 8.00. The number of rotatable bonds is 2. The maximum atomic E-state index is 6.24. The highest BCUT2D eigenvalue weighted by atomic mass is 79.9. The molecule has 0 saturated carbocycles. The van der Waals surface area contributed by atoms with Crippen molar-refractivity contribution < 1.29 is 0 Å². The average molecular weight is 379 g/mol. The number of aryl methyl sites for hydroxylation is 1. The van der Waals surface area contributed by atoms with Gasteiger partial charge in [0.25, 0.3) is 0 Å². The quantitative estimate of drug-likeness (QED) is 0.866. The molecule has 0 aliphatic heterocycles. The summed E-state index contributed by atoms with van der Waals surface area (Å²) in [6.45, 7) is 0. The molecular formula is C11H10Br2ClN3. The lowest BCUT2D eigenvalue weighted by Gasteiger charge is -2.15. The van der Waals surface area contributed by atoms with Crippen molar-refractivity contribution in [1.29, 1.82) is 0 Å². The van der Waals surface area contributed by atoms with E-state index >= 15 is 0 Å². The smallest absolute Gasteiger partial charge is 0.0837 e. The summed E-state index contributed by atoms with van der Waals surface area (Å²) in [5, 5.41) is 4.67. The summed E-state index contributed by atoms with van der Waals surface area (Å²) < 4.78 is 3.62. The van der Waals surface area contributed by atoms with Crippen LogP contribution in [0, 0.1) is 0 Å². The molecule has 2 N–H and O–H groups in total. The number of hydrogen-bond donors (Lipinski definition) is 1. The van der Waals surface area contributed by atoms with E-state index in [2.05, 4.69) is 37.0 Å². The van der Waals surface area contributed by atoms with Crippen LogP contribution >= 0.6 is 43.5 Å². The molecule has 90 valence electrons. The van der Waals surface area contributed by atoms with Crippen LogP contribution in [0.25, 0.3) is 0 Å². The van der Waals surface area contributed by atoms with E-state index in [1.807, 2.05) is 25.2 Å². The zero-order valence-electron chi connectivity index (χ0n) is 8.99. The number of nitrogens with two attached hydrogens (primary N) is 1. The lowest BCUT2D eigenvalue weighted by atomic mass is 10.0. The minimum absolute atomic E-state index is 0.318. The molecule has 1 aromatic carbocycles. The molecule has 17 heavy (non-hydrogen) atoms. The highest BCUT2D eigenvalue weighted by Gasteiger charge is 2.19. The van der Waals surface area contributed by atoms with E-state index in [-0.39, 0.29) is 6.04 Å². The molecule has 3 nitrogen and oxygen atoms in total. The molecule has 0 saturated heterocycles. The zero-order chi connectivity index (χ0) is 12.6. The lowest BCUT2D eigenvalue weighted by Crippen LogP contribution is -2.17. The molecule has 0 spiro atoms. The summed E-state index contributed by atoms with van der Waals surface area (Å²) in [6.07, 6.45) is 1.60. The fourth-order valence-corrected chi connectivity index (χ4v) is 2.83. The van der Waals surface area contributed by atoms with E-state index in [9.17, 15) is 0 Å². The van der Waals surface area contributed by atoms with E-state index in [4.69, 9.17) is 17.3 Å². The van der Waals surface area contributed by atoms with Crippen LogP contribution in [0.5, 0.6) is 0 Å². The fraction of sp³-hybridized carbons (Fsp3) is 0.182. The molecule has 0 amide bonds. The second kappa shape index (κ2) is 5.10. The topological polar surface area (TPSA) is 43.8 Å². The van der Waals surface area contributed by atoms with Gasteiger partial charge in [0.1, 0.15) is 0 Å². The van der Waals surface area contributed by atoms with Gasteiger partial charge in [-0.15, -0.1) is 0 Å². The molecule has 2 aromatic rings. The standard InChI is InChI=1S/C11H10Br2ClN3/c1-17-11(9(14)5-16-17)10(15)7-4-6(12)2-3-8(7)13/h2-5,10H,15H2,1H3. The number of benzene rings is 1. The zero-order valence-corrected chi connectivity index (χ0v) is 12.9. The van der Waals surface area contributed by atoms with Gasteiger partial charge in [-0.1, -0.05) is 43.5 Å². The van der Waals surface area contributed by atoms with Crippen molar-refractivity contribution in [3.8, 4) is 0 Å². The van der Waals surface area contributed by atoms with Crippen molar-refractivity contribution in [2.45, 2.75) is 6.04 Å². The summed E-state index contributed by atoms with van der Waals surface area (Å²) in [7, 11) is 1.83. The number of nitrogens with zero attached hydrogens (tertiary/aromatic N) is 2. The Hall–Kier alpha value is -0.360. The Kier molecular flexibility index (Phi) is 3.92. The summed E-state index contributed by atoms with van der Waals surface area (Å²) >= 11 is 13.0. The van der Waals surface area contributed by atoms with Crippen LogP contribution in [0.3, 0.4) is 0 Å².